The maximum absolute atomic E-state index is 12.5. The summed E-state index contributed by atoms with van der Waals surface area (Å²) in [6, 6.07) is 4.49. The van der Waals surface area contributed by atoms with Crippen molar-refractivity contribution in [2.24, 2.45) is 0 Å². The summed E-state index contributed by atoms with van der Waals surface area (Å²) < 4.78 is 42.5. The van der Waals surface area contributed by atoms with E-state index in [4.69, 9.17) is 4.74 Å². The fourth-order valence-corrected chi connectivity index (χ4v) is 1.73. The smallest absolute Gasteiger partial charge is 0.416 e. The molecule has 0 saturated carbocycles. The third kappa shape index (κ3) is 5.50. The van der Waals surface area contributed by atoms with E-state index in [1.54, 1.807) is 0 Å². The lowest BCUT2D eigenvalue weighted by Crippen LogP contribution is -2.35. The molecule has 1 amide bonds. The van der Waals surface area contributed by atoms with Gasteiger partial charge in [0.25, 0.3) is 5.91 Å². The highest BCUT2D eigenvalue weighted by Crippen LogP contribution is 2.31. The van der Waals surface area contributed by atoms with E-state index in [9.17, 15) is 18.0 Å². The van der Waals surface area contributed by atoms with Gasteiger partial charge in [-0.1, -0.05) is 19.4 Å². The number of ether oxygens (including phenoxy) is 1. The number of carbonyl (C=O) groups excluding carboxylic acids is 1. The monoisotopic (exact) mass is 289 g/mol. The zero-order valence-electron chi connectivity index (χ0n) is 11.5. The lowest BCUT2D eigenvalue weighted by molar-refractivity contribution is -0.137. The molecule has 0 saturated heterocycles. The number of amides is 1. The second kappa shape index (κ2) is 7.17. The van der Waals surface area contributed by atoms with Gasteiger partial charge in [0.2, 0.25) is 0 Å². The van der Waals surface area contributed by atoms with E-state index < -0.39 is 11.7 Å². The van der Waals surface area contributed by atoms with Crippen molar-refractivity contribution in [3.8, 4) is 5.75 Å². The summed E-state index contributed by atoms with van der Waals surface area (Å²) in [5.41, 5.74) is -0.797. The first-order chi connectivity index (χ1) is 9.32. The molecule has 0 heterocycles. The average Bonchev–Trinajstić information content (AvgIpc) is 2.36. The lowest BCUT2D eigenvalue weighted by Gasteiger charge is -2.14. The van der Waals surface area contributed by atoms with Crippen LogP contribution in [0.1, 0.15) is 32.3 Å². The Balaban J connectivity index is 2.52. The van der Waals surface area contributed by atoms with Crippen molar-refractivity contribution in [1.29, 1.82) is 0 Å². The second-order valence-corrected chi connectivity index (χ2v) is 4.57. The number of nitrogens with one attached hydrogen (secondary N) is 1. The lowest BCUT2D eigenvalue weighted by atomic mass is 10.2. The van der Waals surface area contributed by atoms with Crippen LogP contribution < -0.4 is 10.1 Å². The summed E-state index contributed by atoms with van der Waals surface area (Å²) in [6.45, 7) is 3.57. The Kier molecular flexibility index (Phi) is 5.85. The minimum absolute atomic E-state index is 0.0256. The fourth-order valence-electron chi connectivity index (χ4n) is 1.73. The van der Waals surface area contributed by atoms with E-state index in [2.05, 4.69) is 5.32 Å². The van der Waals surface area contributed by atoms with Crippen molar-refractivity contribution in [3.05, 3.63) is 29.8 Å². The average molecular weight is 289 g/mol. The van der Waals surface area contributed by atoms with Crippen molar-refractivity contribution in [2.45, 2.75) is 38.9 Å². The largest absolute Gasteiger partial charge is 0.484 e. The molecule has 0 radical (unpaired) electrons. The predicted octanol–water partition coefficient (Wildman–Crippen LogP) is 3.39. The summed E-state index contributed by atoms with van der Waals surface area (Å²) in [4.78, 5) is 11.5. The van der Waals surface area contributed by atoms with Crippen LogP contribution in [-0.4, -0.2) is 18.6 Å². The Morgan fingerprint density at radius 1 is 1.40 bits per heavy atom. The molecule has 112 valence electrons. The topological polar surface area (TPSA) is 38.3 Å². The van der Waals surface area contributed by atoms with E-state index in [0.717, 1.165) is 25.0 Å². The molecule has 0 aliphatic heterocycles. The van der Waals surface area contributed by atoms with Crippen molar-refractivity contribution in [1.82, 2.24) is 5.32 Å². The molecule has 0 fully saturated rings. The molecule has 1 aromatic carbocycles. The normalized spacial score (nSPS) is 12.8. The third-order valence-electron chi connectivity index (χ3n) is 2.66. The molecule has 0 aromatic heterocycles. The van der Waals surface area contributed by atoms with Crippen LogP contribution in [0.3, 0.4) is 0 Å². The number of rotatable bonds is 6. The Morgan fingerprint density at radius 2 is 2.10 bits per heavy atom. The number of alkyl halides is 3. The highest BCUT2D eigenvalue weighted by Gasteiger charge is 2.30. The van der Waals surface area contributed by atoms with Crippen molar-refractivity contribution in [2.75, 3.05) is 6.61 Å². The zero-order valence-corrected chi connectivity index (χ0v) is 11.5. The van der Waals surface area contributed by atoms with Gasteiger partial charge in [0.15, 0.2) is 6.61 Å². The van der Waals surface area contributed by atoms with Gasteiger partial charge in [0, 0.05) is 6.04 Å². The summed E-state index contributed by atoms with van der Waals surface area (Å²) in [7, 11) is 0. The first-order valence-corrected chi connectivity index (χ1v) is 6.42. The maximum Gasteiger partial charge on any atom is 0.416 e. The van der Waals surface area contributed by atoms with E-state index in [1.807, 2.05) is 13.8 Å². The molecular weight excluding hydrogens is 271 g/mol. The molecule has 1 rings (SSSR count). The van der Waals surface area contributed by atoms with E-state index in [-0.39, 0.29) is 24.3 Å². The Hall–Kier alpha value is -1.72. The number of hydrogen-bond acceptors (Lipinski definition) is 2. The molecule has 3 nitrogen and oxygen atoms in total. The number of carbonyl (C=O) groups is 1. The summed E-state index contributed by atoms with van der Waals surface area (Å²) in [6.07, 6.45) is -2.64. The van der Waals surface area contributed by atoms with Crippen LogP contribution in [0.5, 0.6) is 5.75 Å². The number of hydrogen-bond donors (Lipinski definition) is 1. The van der Waals surface area contributed by atoms with Crippen LogP contribution in [0.15, 0.2) is 24.3 Å². The van der Waals surface area contributed by atoms with E-state index in [0.29, 0.717) is 0 Å². The first kappa shape index (κ1) is 16.3. The summed E-state index contributed by atoms with van der Waals surface area (Å²) >= 11 is 0. The van der Waals surface area contributed by atoms with Crippen LogP contribution in [0.2, 0.25) is 0 Å². The highest BCUT2D eigenvalue weighted by molar-refractivity contribution is 5.77. The number of halogens is 3. The maximum atomic E-state index is 12.5. The van der Waals surface area contributed by atoms with Crippen LogP contribution in [0, 0.1) is 0 Å². The Bertz CT molecular complexity index is 446. The summed E-state index contributed by atoms with van der Waals surface area (Å²) in [5, 5.41) is 2.71. The van der Waals surface area contributed by atoms with Crippen LogP contribution in [-0.2, 0) is 11.0 Å². The molecule has 0 aliphatic rings. The predicted molar refractivity (Wildman–Crippen MR) is 69.5 cm³/mol. The molecule has 1 unspecified atom stereocenters. The molecule has 1 N–H and O–H groups in total. The minimum Gasteiger partial charge on any atom is -0.484 e. The van der Waals surface area contributed by atoms with Crippen LogP contribution in [0.25, 0.3) is 0 Å². The van der Waals surface area contributed by atoms with Gasteiger partial charge < -0.3 is 10.1 Å². The Morgan fingerprint density at radius 3 is 2.70 bits per heavy atom. The molecule has 0 aliphatic carbocycles. The minimum atomic E-state index is -4.42. The van der Waals surface area contributed by atoms with Crippen LogP contribution >= 0.6 is 0 Å². The highest BCUT2D eigenvalue weighted by atomic mass is 19.4. The molecule has 0 bridgehead atoms. The van der Waals surface area contributed by atoms with Gasteiger partial charge in [-0.3, -0.25) is 4.79 Å². The number of benzene rings is 1. The van der Waals surface area contributed by atoms with Gasteiger partial charge in [0.1, 0.15) is 5.75 Å². The standard InChI is InChI=1S/C14H18F3NO2/c1-3-5-10(2)18-13(19)9-20-12-7-4-6-11(8-12)14(15,16)17/h4,6-8,10H,3,5,9H2,1-2H3,(H,18,19). The van der Waals surface area contributed by atoms with Crippen molar-refractivity contribution < 1.29 is 22.7 Å². The second-order valence-electron chi connectivity index (χ2n) is 4.57. The van der Waals surface area contributed by atoms with Gasteiger partial charge in [-0.05, 0) is 31.5 Å². The SMILES string of the molecule is CCCC(C)NC(=O)COc1cccc(C(F)(F)F)c1. The molecular formula is C14H18F3NO2. The van der Waals surface area contributed by atoms with Gasteiger partial charge in [-0.15, -0.1) is 0 Å². The van der Waals surface area contributed by atoms with Gasteiger partial charge in [0.05, 0.1) is 5.56 Å². The van der Waals surface area contributed by atoms with Gasteiger partial charge >= 0.3 is 6.18 Å². The molecule has 6 heteroatoms. The quantitative estimate of drug-likeness (QED) is 0.871. The third-order valence-corrected chi connectivity index (χ3v) is 2.66. The summed E-state index contributed by atoms with van der Waals surface area (Å²) in [5.74, 6) is -0.318. The molecule has 20 heavy (non-hydrogen) atoms. The zero-order chi connectivity index (χ0) is 15.2. The molecule has 0 spiro atoms. The van der Waals surface area contributed by atoms with Gasteiger partial charge in [-0.2, -0.15) is 13.2 Å². The molecule has 1 atom stereocenters. The molecule has 1 aromatic rings. The van der Waals surface area contributed by atoms with Crippen molar-refractivity contribution >= 4 is 5.91 Å². The Labute approximate surface area is 116 Å². The van der Waals surface area contributed by atoms with Crippen LogP contribution in [0.4, 0.5) is 13.2 Å². The van der Waals surface area contributed by atoms with E-state index >= 15 is 0 Å². The van der Waals surface area contributed by atoms with Crippen molar-refractivity contribution in [3.63, 3.8) is 0 Å². The fraction of sp³-hybridized carbons (Fsp3) is 0.500. The first-order valence-electron chi connectivity index (χ1n) is 6.42. The van der Waals surface area contributed by atoms with Gasteiger partial charge in [-0.25, -0.2) is 0 Å². The van der Waals surface area contributed by atoms with E-state index in [1.165, 1.54) is 12.1 Å².